The van der Waals surface area contributed by atoms with E-state index >= 15 is 0 Å². The first-order chi connectivity index (χ1) is 8.43. The van der Waals surface area contributed by atoms with Gasteiger partial charge in [-0.3, -0.25) is 10.1 Å². The Morgan fingerprint density at radius 3 is 2.72 bits per heavy atom. The summed E-state index contributed by atoms with van der Waals surface area (Å²) in [5.74, 6) is 0.455. The highest BCUT2D eigenvalue weighted by atomic mass is 16.7. The van der Waals surface area contributed by atoms with Crippen molar-refractivity contribution < 1.29 is 19.6 Å². The Hall–Kier alpha value is -2.11. The maximum atomic E-state index is 10.7. The van der Waals surface area contributed by atoms with Crippen molar-refractivity contribution in [3.8, 4) is 5.75 Å². The molecule has 0 fully saturated rings. The largest absolute Gasteiger partial charge is 0.511 e. The number of carbonyl (C=O) groups is 1. The number of carboxylic acid groups (broad SMARTS) is 1. The SMILES string of the molecule is CC[C@H](C)Cc1cc([N+](=O)[O-])ccc1OC(=O)O. The number of nitro benzene ring substituents is 1. The summed E-state index contributed by atoms with van der Waals surface area (Å²) in [4.78, 5) is 20.7. The van der Waals surface area contributed by atoms with Crippen molar-refractivity contribution in [2.75, 3.05) is 0 Å². The minimum Gasteiger partial charge on any atom is -0.449 e. The number of ether oxygens (including phenoxy) is 1. The third kappa shape index (κ3) is 3.73. The number of nitrogens with zero attached hydrogens (tertiary/aromatic N) is 1. The molecule has 1 N–H and O–H groups in total. The van der Waals surface area contributed by atoms with Crippen LogP contribution in [0.4, 0.5) is 10.5 Å². The van der Waals surface area contributed by atoms with Crippen LogP contribution >= 0.6 is 0 Å². The second kappa shape index (κ2) is 6.00. The first-order valence-electron chi connectivity index (χ1n) is 5.62. The molecule has 0 aliphatic heterocycles. The van der Waals surface area contributed by atoms with Gasteiger partial charge < -0.3 is 9.84 Å². The van der Waals surface area contributed by atoms with Crippen LogP contribution in [0.15, 0.2) is 18.2 Å². The van der Waals surface area contributed by atoms with Gasteiger partial charge in [-0.25, -0.2) is 4.79 Å². The van der Waals surface area contributed by atoms with Gasteiger partial charge in [0.05, 0.1) is 4.92 Å². The van der Waals surface area contributed by atoms with Crippen LogP contribution in [-0.2, 0) is 6.42 Å². The molecule has 18 heavy (non-hydrogen) atoms. The van der Waals surface area contributed by atoms with Crippen LogP contribution in [0.1, 0.15) is 25.8 Å². The van der Waals surface area contributed by atoms with Gasteiger partial charge in [-0.2, -0.15) is 0 Å². The lowest BCUT2D eigenvalue weighted by Gasteiger charge is -2.11. The molecule has 6 nitrogen and oxygen atoms in total. The number of hydrogen-bond donors (Lipinski definition) is 1. The van der Waals surface area contributed by atoms with Crippen LogP contribution in [0.5, 0.6) is 5.75 Å². The Balaban J connectivity index is 3.08. The number of non-ortho nitro benzene ring substituents is 1. The summed E-state index contributed by atoms with van der Waals surface area (Å²) in [5, 5.41) is 19.3. The van der Waals surface area contributed by atoms with Gasteiger partial charge in [0.15, 0.2) is 0 Å². The van der Waals surface area contributed by atoms with E-state index in [1.54, 1.807) is 0 Å². The highest BCUT2D eigenvalue weighted by Gasteiger charge is 2.15. The van der Waals surface area contributed by atoms with Crippen molar-refractivity contribution in [1.29, 1.82) is 0 Å². The third-order valence-electron chi connectivity index (χ3n) is 2.72. The molecule has 6 heteroatoms. The van der Waals surface area contributed by atoms with Gasteiger partial charge in [0, 0.05) is 17.7 Å². The molecule has 0 unspecified atom stereocenters. The maximum absolute atomic E-state index is 10.7. The molecule has 0 radical (unpaired) electrons. The van der Waals surface area contributed by atoms with Gasteiger partial charge in [0.25, 0.3) is 5.69 Å². The van der Waals surface area contributed by atoms with Crippen molar-refractivity contribution in [1.82, 2.24) is 0 Å². The average Bonchev–Trinajstić information content (AvgIpc) is 2.30. The molecule has 1 atom stereocenters. The van der Waals surface area contributed by atoms with Crippen LogP contribution in [-0.4, -0.2) is 16.2 Å². The molecule has 0 saturated carbocycles. The Labute approximate surface area is 104 Å². The summed E-state index contributed by atoms with van der Waals surface area (Å²) < 4.78 is 4.62. The summed E-state index contributed by atoms with van der Waals surface area (Å²) in [5.41, 5.74) is 0.479. The molecular weight excluding hydrogens is 238 g/mol. The lowest BCUT2D eigenvalue weighted by molar-refractivity contribution is -0.384. The van der Waals surface area contributed by atoms with Gasteiger partial charge >= 0.3 is 6.16 Å². The summed E-state index contributed by atoms with van der Waals surface area (Å²) in [6.45, 7) is 3.99. The summed E-state index contributed by atoms with van der Waals surface area (Å²) in [7, 11) is 0. The lowest BCUT2D eigenvalue weighted by atomic mass is 9.98. The topological polar surface area (TPSA) is 89.7 Å². The Morgan fingerprint density at radius 1 is 1.56 bits per heavy atom. The van der Waals surface area contributed by atoms with Crippen molar-refractivity contribution >= 4 is 11.8 Å². The van der Waals surface area contributed by atoms with E-state index in [0.717, 1.165) is 6.42 Å². The molecule has 1 aromatic rings. The van der Waals surface area contributed by atoms with Crippen LogP contribution in [0, 0.1) is 16.0 Å². The Morgan fingerprint density at radius 2 is 2.22 bits per heavy atom. The predicted octanol–water partition coefficient (Wildman–Crippen LogP) is 3.24. The molecule has 0 aliphatic rings. The van der Waals surface area contributed by atoms with Crippen LogP contribution in [0.25, 0.3) is 0 Å². The monoisotopic (exact) mass is 253 g/mol. The molecule has 1 rings (SSSR count). The van der Waals surface area contributed by atoms with Crippen molar-refractivity contribution in [2.24, 2.45) is 5.92 Å². The van der Waals surface area contributed by atoms with Crippen molar-refractivity contribution in [3.63, 3.8) is 0 Å². The van der Waals surface area contributed by atoms with Gasteiger partial charge in [0.2, 0.25) is 0 Å². The summed E-state index contributed by atoms with van der Waals surface area (Å²) in [6.07, 6.45) is 0.0185. The van der Waals surface area contributed by atoms with E-state index in [4.69, 9.17) is 5.11 Å². The molecule has 0 saturated heterocycles. The molecule has 0 bridgehead atoms. The first kappa shape index (κ1) is 14.0. The molecule has 0 heterocycles. The lowest BCUT2D eigenvalue weighted by Crippen LogP contribution is -2.07. The minimum atomic E-state index is -1.42. The van der Waals surface area contributed by atoms with Crippen LogP contribution < -0.4 is 4.74 Å². The molecule has 0 aromatic heterocycles. The van der Waals surface area contributed by atoms with Crippen molar-refractivity contribution in [3.05, 3.63) is 33.9 Å². The average molecular weight is 253 g/mol. The van der Waals surface area contributed by atoms with Gasteiger partial charge in [-0.1, -0.05) is 20.3 Å². The fourth-order valence-electron chi connectivity index (χ4n) is 1.55. The maximum Gasteiger partial charge on any atom is 0.511 e. The van der Waals surface area contributed by atoms with Crippen LogP contribution in [0.2, 0.25) is 0 Å². The molecule has 1 aromatic carbocycles. The normalized spacial score (nSPS) is 11.9. The molecule has 98 valence electrons. The zero-order valence-corrected chi connectivity index (χ0v) is 10.3. The van der Waals surface area contributed by atoms with E-state index in [1.807, 2.05) is 13.8 Å². The summed E-state index contributed by atoms with van der Waals surface area (Å²) >= 11 is 0. The zero-order valence-electron chi connectivity index (χ0n) is 10.3. The standard InChI is InChI=1S/C12H15NO5/c1-3-8(2)6-9-7-10(13(16)17)4-5-11(9)18-12(14)15/h4-5,7-8H,3,6H2,1-2H3,(H,14,15)/t8-/m0/s1. The second-order valence-electron chi connectivity index (χ2n) is 4.13. The third-order valence-corrected chi connectivity index (χ3v) is 2.72. The molecule has 0 amide bonds. The van der Waals surface area contributed by atoms with E-state index < -0.39 is 11.1 Å². The number of nitro groups is 1. The first-order valence-corrected chi connectivity index (χ1v) is 5.62. The van der Waals surface area contributed by atoms with E-state index in [-0.39, 0.29) is 11.4 Å². The number of hydrogen-bond acceptors (Lipinski definition) is 4. The van der Waals surface area contributed by atoms with E-state index in [9.17, 15) is 14.9 Å². The Bertz CT molecular complexity index is 458. The van der Waals surface area contributed by atoms with Crippen molar-refractivity contribution in [2.45, 2.75) is 26.7 Å². The van der Waals surface area contributed by atoms with Gasteiger partial charge in [-0.15, -0.1) is 0 Å². The Kier molecular flexibility index (Phi) is 4.65. The zero-order chi connectivity index (χ0) is 13.7. The highest BCUT2D eigenvalue weighted by Crippen LogP contribution is 2.27. The minimum absolute atomic E-state index is 0.0639. The molecular formula is C12H15NO5. The highest BCUT2D eigenvalue weighted by molar-refractivity contribution is 5.62. The summed E-state index contributed by atoms with van der Waals surface area (Å²) in [6, 6.07) is 3.92. The van der Waals surface area contributed by atoms with Gasteiger partial charge in [0.1, 0.15) is 5.75 Å². The quantitative estimate of drug-likeness (QED) is 0.376. The van der Waals surface area contributed by atoms with Crippen LogP contribution in [0.3, 0.4) is 0 Å². The smallest absolute Gasteiger partial charge is 0.449 e. The molecule has 0 aliphatic carbocycles. The fraction of sp³-hybridized carbons (Fsp3) is 0.417. The fourth-order valence-corrected chi connectivity index (χ4v) is 1.55. The van der Waals surface area contributed by atoms with E-state index in [2.05, 4.69) is 4.74 Å². The molecule has 0 spiro atoms. The van der Waals surface area contributed by atoms with Gasteiger partial charge in [-0.05, 0) is 18.4 Å². The van der Waals surface area contributed by atoms with E-state index in [1.165, 1.54) is 18.2 Å². The predicted molar refractivity (Wildman–Crippen MR) is 64.9 cm³/mol. The second-order valence-corrected chi connectivity index (χ2v) is 4.13. The number of rotatable bonds is 5. The number of benzene rings is 1. The van der Waals surface area contributed by atoms with E-state index in [0.29, 0.717) is 17.9 Å².